The molecule has 0 atom stereocenters. The first-order valence-electron chi connectivity index (χ1n) is 14.7. The Morgan fingerprint density at radius 2 is 1.19 bits per heavy atom. The van der Waals surface area contributed by atoms with Crippen LogP contribution in [0.5, 0.6) is 11.5 Å². The van der Waals surface area contributed by atoms with Gasteiger partial charge in [0.05, 0.1) is 0 Å². The molecule has 4 nitrogen and oxygen atoms in total. The largest absolute Gasteiger partial charge is 0.752 e. The van der Waals surface area contributed by atoms with Gasteiger partial charge >= 0.3 is 0 Å². The molecule has 4 heteroatoms. The highest BCUT2D eigenvalue weighted by Gasteiger charge is 2.58. The molecule has 37 heavy (non-hydrogen) atoms. The second-order valence-corrected chi connectivity index (χ2v) is 13.0. The molecule has 0 saturated heterocycles. The lowest BCUT2D eigenvalue weighted by Crippen LogP contribution is -2.56. The van der Waals surface area contributed by atoms with E-state index >= 15 is 0 Å². The van der Waals surface area contributed by atoms with Crippen LogP contribution in [0, 0.1) is 28.9 Å². The number of nitrogens with zero attached hydrogens (tertiary/aromatic N) is 1. The molecule has 4 fully saturated rings. The second-order valence-electron chi connectivity index (χ2n) is 13.0. The van der Waals surface area contributed by atoms with Gasteiger partial charge < -0.3 is 14.8 Å². The van der Waals surface area contributed by atoms with Gasteiger partial charge in [-0.2, -0.15) is 0 Å². The average molecular weight is 505 g/mol. The van der Waals surface area contributed by atoms with Crippen LogP contribution in [0.25, 0.3) is 0 Å². The minimum atomic E-state index is -0.516. The van der Waals surface area contributed by atoms with Crippen LogP contribution in [-0.2, 0) is 5.41 Å². The maximum Gasteiger partial charge on any atom is 0.146 e. The smallest absolute Gasteiger partial charge is 0.146 e. The second kappa shape index (κ2) is 9.93. The molecule has 0 radical (unpaired) electrons. The maximum absolute atomic E-state index is 12.8. The lowest BCUT2D eigenvalue weighted by molar-refractivity contribution is -0.0980. The third-order valence-electron chi connectivity index (χ3n) is 10.5. The summed E-state index contributed by atoms with van der Waals surface area (Å²) in [7, 11) is 0. The van der Waals surface area contributed by atoms with Crippen molar-refractivity contribution in [3.05, 3.63) is 64.9 Å². The SMILES string of the molecule is CCC(C)(C)Oc1ccc(C2(c3ccc(ON([O-])C(C)(CC)CC)cc3)C3CC4CC(C3)CC2C4)cc1. The van der Waals surface area contributed by atoms with Gasteiger partial charge in [-0.05, 0) is 131 Å². The first kappa shape index (κ1) is 26.6. The molecule has 4 aliphatic rings. The van der Waals surface area contributed by atoms with E-state index in [1.807, 2.05) is 32.9 Å². The molecule has 2 aromatic rings. The van der Waals surface area contributed by atoms with E-state index < -0.39 is 5.54 Å². The van der Waals surface area contributed by atoms with E-state index in [2.05, 4.69) is 57.2 Å². The van der Waals surface area contributed by atoms with Gasteiger partial charge in [-0.25, -0.2) is 5.23 Å². The van der Waals surface area contributed by atoms with E-state index in [0.717, 1.165) is 42.1 Å². The Hall–Kier alpha value is -2.04. The molecule has 202 valence electrons. The summed E-state index contributed by atoms with van der Waals surface area (Å²) in [6.45, 7) is 12.5. The van der Waals surface area contributed by atoms with Crippen molar-refractivity contribution in [3.63, 3.8) is 0 Å². The topological polar surface area (TPSA) is 44.8 Å². The molecule has 4 bridgehead atoms. The summed E-state index contributed by atoms with van der Waals surface area (Å²) in [6, 6.07) is 17.5. The van der Waals surface area contributed by atoms with E-state index in [0.29, 0.717) is 17.6 Å². The highest BCUT2D eigenvalue weighted by Crippen LogP contribution is 2.65. The fourth-order valence-corrected chi connectivity index (χ4v) is 7.73. The number of hydroxylamine groups is 2. The van der Waals surface area contributed by atoms with Gasteiger partial charge in [0, 0.05) is 11.0 Å². The Kier molecular flexibility index (Phi) is 7.13. The molecule has 0 amide bonds. The normalized spacial score (nSPS) is 29.1. The molecule has 0 heterocycles. The van der Waals surface area contributed by atoms with E-state index in [1.54, 1.807) is 0 Å². The Balaban J connectivity index is 1.48. The zero-order valence-electron chi connectivity index (χ0n) is 23.8. The minimum absolute atomic E-state index is 0.0171. The summed E-state index contributed by atoms with van der Waals surface area (Å²) in [5, 5.41) is 13.6. The number of ether oxygens (including phenoxy) is 1. The fraction of sp³-hybridized carbons (Fsp3) is 0.636. The van der Waals surface area contributed by atoms with Gasteiger partial charge in [-0.1, -0.05) is 45.0 Å². The van der Waals surface area contributed by atoms with E-state index in [4.69, 9.17) is 9.57 Å². The van der Waals surface area contributed by atoms with Crippen molar-refractivity contribution in [2.24, 2.45) is 23.7 Å². The summed E-state index contributed by atoms with van der Waals surface area (Å²) in [4.78, 5) is 5.79. The third-order valence-corrected chi connectivity index (χ3v) is 10.5. The average Bonchev–Trinajstić information content (AvgIpc) is 2.89. The molecular weight excluding hydrogens is 458 g/mol. The monoisotopic (exact) mass is 504 g/mol. The maximum atomic E-state index is 12.8. The highest BCUT2D eigenvalue weighted by atomic mass is 16.9. The Morgan fingerprint density at radius 3 is 1.62 bits per heavy atom. The number of hydrogen-bond donors (Lipinski definition) is 0. The van der Waals surface area contributed by atoms with Crippen LogP contribution in [0.1, 0.15) is 104 Å². The van der Waals surface area contributed by atoms with Gasteiger partial charge in [0.1, 0.15) is 17.1 Å². The first-order chi connectivity index (χ1) is 17.6. The summed E-state index contributed by atoms with van der Waals surface area (Å²) in [5.74, 6) is 4.67. The van der Waals surface area contributed by atoms with Crippen LogP contribution >= 0.6 is 0 Å². The molecule has 0 unspecified atom stereocenters. The number of hydrogen-bond acceptors (Lipinski definition) is 4. The molecule has 0 aromatic heterocycles. The Morgan fingerprint density at radius 1 is 0.730 bits per heavy atom. The molecule has 2 aromatic carbocycles. The van der Waals surface area contributed by atoms with Crippen molar-refractivity contribution in [1.82, 2.24) is 5.23 Å². The molecule has 4 saturated carbocycles. The fourth-order valence-electron chi connectivity index (χ4n) is 7.73. The molecule has 0 spiro atoms. The summed E-state index contributed by atoms with van der Waals surface area (Å²) >= 11 is 0. The van der Waals surface area contributed by atoms with Gasteiger partial charge in [-0.3, -0.25) is 0 Å². The van der Waals surface area contributed by atoms with Crippen LogP contribution in [0.4, 0.5) is 0 Å². The van der Waals surface area contributed by atoms with Crippen molar-refractivity contribution in [2.45, 2.75) is 109 Å². The van der Waals surface area contributed by atoms with Gasteiger partial charge in [0.25, 0.3) is 0 Å². The third kappa shape index (κ3) is 4.69. The van der Waals surface area contributed by atoms with Crippen LogP contribution in [-0.4, -0.2) is 16.4 Å². The van der Waals surface area contributed by atoms with E-state index in [1.165, 1.54) is 43.2 Å². The Bertz CT molecular complexity index is 1030. The van der Waals surface area contributed by atoms with Crippen LogP contribution in [0.2, 0.25) is 0 Å². The summed E-state index contributed by atoms with van der Waals surface area (Å²) < 4.78 is 6.30. The van der Waals surface area contributed by atoms with E-state index in [9.17, 15) is 5.21 Å². The zero-order chi connectivity index (χ0) is 26.4. The van der Waals surface area contributed by atoms with Crippen molar-refractivity contribution in [2.75, 3.05) is 0 Å². The lowest BCUT2D eigenvalue weighted by atomic mass is 9.42. The van der Waals surface area contributed by atoms with Crippen LogP contribution < -0.4 is 9.57 Å². The van der Waals surface area contributed by atoms with Crippen molar-refractivity contribution in [1.29, 1.82) is 0 Å². The van der Waals surface area contributed by atoms with Crippen molar-refractivity contribution >= 4 is 0 Å². The molecule has 4 aliphatic carbocycles. The molecule has 6 rings (SSSR count). The molecular formula is C33H46NO3-. The standard InChI is InChI=1S/C33H46NO3/c1-7-31(4,5)36-29-14-10-25(11-15-29)33(27-19-23-18-24(21-27)22-28(33)20-23)26-12-16-30(17-13-26)37-34(35)32(6,8-2)9-3/h10-17,23-24,27-28H,7-9,18-22H2,1-6H3/q-1. The lowest BCUT2D eigenvalue weighted by Gasteiger charge is -2.62. The van der Waals surface area contributed by atoms with Gasteiger partial charge in [0.15, 0.2) is 0 Å². The zero-order valence-corrected chi connectivity index (χ0v) is 23.8. The van der Waals surface area contributed by atoms with Gasteiger partial charge in [-0.15, -0.1) is 0 Å². The summed E-state index contributed by atoms with van der Waals surface area (Å²) in [6.07, 6.45) is 9.19. The van der Waals surface area contributed by atoms with Crippen LogP contribution in [0.15, 0.2) is 48.5 Å². The number of benzene rings is 2. The Labute approximate surface area is 224 Å². The van der Waals surface area contributed by atoms with E-state index in [-0.39, 0.29) is 11.0 Å². The summed E-state index contributed by atoms with van der Waals surface area (Å²) in [5.41, 5.74) is 2.13. The van der Waals surface area contributed by atoms with Crippen LogP contribution in [0.3, 0.4) is 0 Å². The number of rotatable bonds is 10. The van der Waals surface area contributed by atoms with Crippen molar-refractivity contribution < 1.29 is 9.57 Å². The minimum Gasteiger partial charge on any atom is -0.752 e. The van der Waals surface area contributed by atoms with Gasteiger partial charge in [0.2, 0.25) is 0 Å². The predicted molar refractivity (Wildman–Crippen MR) is 151 cm³/mol. The highest BCUT2D eigenvalue weighted by molar-refractivity contribution is 5.47. The predicted octanol–water partition coefficient (Wildman–Crippen LogP) is 8.67. The van der Waals surface area contributed by atoms with Crippen molar-refractivity contribution in [3.8, 4) is 11.5 Å². The molecule has 0 aliphatic heterocycles. The molecule has 0 N–H and O–H groups in total. The first-order valence-corrected chi connectivity index (χ1v) is 14.7. The quantitative estimate of drug-likeness (QED) is 0.304.